The van der Waals surface area contributed by atoms with Crippen molar-refractivity contribution in [1.29, 1.82) is 0 Å². The van der Waals surface area contributed by atoms with Gasteiger partial charge in [0.05, 0.1) is 23.8 Å². The highest BCUT2D eigenvalue weighted by atomic mass is 32.2. The Hall–Kier alpha value is -3.28. The normalized spacial score (nSPS) is 15.3. The fourth-order valence-corrected chi connectivity index (χ4v) is 7.39. The Kier molecular flexibility index (Phi) is 8.12. The van der Waals surface area contributed by atoms with Crippen molar-refractivity contribution in [2.45, 2.75) is 44.0 Å². The van der Waals surface area contributed by atoms with Crippen LogP contribution < -0.4 is 14.4 Å². The molecule has 0 atom stereocenters. The molecule has 0 fully saturated rings. The predicted molar refractivity (Wildman–Crippen MR) is 171 cm³/mol. The van der Waals surface area contributed by atoms with Crippen LogP contribution in [0.5, 0.6) is 0 Å². The summed E-state index contributed by atoms with van der Waals surface area (Å²) >= 11 is 1.94. The van der Waals surface area contributed by atoms with E-state index in [0.717, 1.165) is 45.6 Å². The zero-order valence-corrected chi connectivity index (χ0v) is 25.0. The molecule has 4 nitrogen and oxygen atoms in total. The van der Waals surface area contributed by atoms with Gasteiger partial charge in [0.15, 0.2) is 0 Å². The van der Waals surface area contributed by atoms with Gasteiger partial charge in [-0.15, -0.1) is 0 Å². The van der Waals surface area contributed by atoms with Crippen molar-refractivity contribution in [2.24, 2.45) is 0 Å². The molecule has 2 aliphatic rings. The number of aromatic nitrogens is 1. The molecule has 1 aromatic heterocycles. The number of benzene rings is 3. The third-order valence-corrected chi connectivity index (χ3v) is 9.14. The van der Waals surface area contributed by atoms with E-state index < -0.39 is 0 Å². The Morgan fingerprint density at radius 3 is 2.58 bits per heavy atom. The molecule has 40 heavy (non-hydrogen) atoms. The summed E-state index contributed by atoms with van der Waals surface area (Å²) in [6.07, 6.45) is 7.12. The fraction of sp³-hybridized carbons (Fsp3) is 0.343. The highest BCUT2D eigenvalue weighted by Gasteiger charge is 2.31. The second kappa shape index (κ2) is 12.1. The molecule has 0 saturated heterocycles. The van der Waals surface area contributed by atoms with Gasteiger partial charge in [-0.25, -0.2) is 4.57 Å². The molecule has 0 unspecified atom stereocenters. The van der Waals surface area contributed by atoms with E-state index in [4.69, 9.17) is 0 Å². The molecule has 4 aromatic rings. The molecule has 0 amide bonds. The highest BCUT2D eigenvalue weighted by molar-refractivity contribution is 8.03. The van der Waals surface area contributed by atoms with Crippen molar-refractivity contribution in [3.63, 3.8) is 0 Å². The molecule has 6 rings (SSSR count). The molecule has 5 heteroatoms. The number of aryl methyl sites for hydroxylation is 1. The Balaban J connectivity index is 1.49. The second-order valence-corrected chi connectivity index (χ2v) is 12.4. The molecule has 0 aliphatic carbocycles. The monoisotopic (exact) mass is 549 g/mol. The first-order chi connectivity index (χ1) is 19.6. The summed E-state index contributed by atoms with van der Waals surface area (Å²) in [5.74, 6) is 1.31. The van der Waals surface area contributed by atoms with E-state index in [0.29, 0.717) is 0 Å². The minimum absolute atomic E-state index is 0.858. The number of fused-ring (bicyclic) bond motifs is 1. The van der Waals surface area contributed by atoms with Crippen LogP contribution in [0, 0.1) is 0 Å². The van der Waals surface area contributed by atoms with Gasteiger partial charge in [-0.3, -0.25) is 4.90 Å². The first kappa shape index (κ1) is 26.9. The summed E-state index contributed by atoms with van der Waals surface area (Å²) in [7, 11) is 4.34. The Bertz CT molecular complexity index is 1510. The van der Waals surface area contributed by atoms with E-state index in [1.54, 1.807) is 0 Å². The van der Waals surface area contributed by atoms with Gasteiger partial charge in [0, 0.05) is 29.4 Å². The van der Waals surface area contributed by atoms with E-state index in [-0.39, 0.29) is 0 Å². The number of nitrogens with zero attached hydrogens (tertiary/aromatic N) is 4. The molecule has 0 bridgehead atoms. The zero-order chi connectivity index (χ0) is 27.5. The lowest BCUT2D eigenvalue weighted by atomic mass is 10.0. The Morgan fingerprint density at radius 2 is 1.75 bits per heavy atom. The molecule has 2 aliphatic heterocycles. The van der Waals surface area contributed by atoms with Crippen molar-refractivity contribution in [3.05, 3.63) is 101 Å². The number of rotatable bonds is 10. The Labute approximate surface area is 243 Å². The summed E-state index contributed by atoms with van der Waals surface area (Å²) in [5.41, 5.74) is 6.88. The van der Waals surface area contributed by atoms with E-state index in [1.165, 1.54) is 61.9 Å². The number of hydrogen-bond acceptors (Lipinski definition) is 4. The van der Waals surface area contributed by atoms with Gasteiger partial charge in [0.2, 0.25) is 0 Å². The van der Waals surface area contributed by atoms with Gasteiger partial charge in [-0.1, -0.05) is 79.3 Å². The van der Waals surface area contributed by atoms with Crippen molar-refractivity contribution in [2.75, 3.05) is 50.1 Å². The van der Waals surface area contributed by atoms with Crippen molar-refractivity contribution >= 4 is 40.2 Å². The number of pyridine rings is 1. The van der Waals surface area contributed by atoms with Gasteiger partial charge in [0.1, 0.15) is 12.1 Å². The largest absolute Gasteiger partial charge is 0.335 e. The van der Waals surface area contributed by atoms with Gasteiger partial charge in [0.25, 0.3) is 5.82 Å². The lowest BCUT2D eigenvalue weighted by Gasteiger charge is -2.27. The predicted octanol–water partition coefficient (Wildman–Crippen LogP) is 7.20. The van der Waals surface area contributed by atoms with Crippen LogP contribution in [0.3, 0.4) is 0 Å². The van der Waals surface area contributed by atoms with Crippen LogP contribution >= 0.6 is 11.8 Å². The average molecular weight is 550 g/mol. The van der Waals surface area contributed by atoms with E-state index in [9.17, 15) is 0 Å². The highest BCUT2D eigenvalue weighted by Crippen LogP contribution is 2.50. The average Bonchev–Trinajstić information content (AvgIpc) is 3.33. The van der Waals surface area contributed by atoms with Crippen LogP contribution in [0.25, 0.3) is 17.0 Å². The SMILES string of the molecule is CCCN(CCCN(C)C)c1cc(/C=C2\Sc3cccc4c3N2CCC4)c2ccccc2[n+]1Cc1ccccc1. The molecular formula is C35H41N4S+. The number of thioether (sulfide) groups is 1. The number of hydrogen-bond donors (Lipinski definition) is 0. The number of anilines is 2. The molecule has 0 radical (unpaired) electrons. The molecule has 0 spiro atoms. The quantitative estimate of drug-likeness (QED) is 0.194. The van der Waals surface area contributed by atoms with Crippen molar-refractivity contribution in [3.8, 4) is 0 Å². The topological polar surface area (TPSA) is 13.6 Å². The maximum atomic E-state index is 2.62. The molecule has 0 saturated carbocycles. The Morgan fingerprint density at radius 1 is 0.925 bits per heavy atom. The molecule has 0 N–H and O–H groups in total. The van der Waals surface area contributed by atoms with Gasteiger partial charge in [-0.2, -0.15) is 0 Å². The van der Waals surface area contributed by atoms with Crippen molar-refractivity contribution < 1.29 is 4.57 Å². The van der Waals surface area contributed by atoms with Gasteiger partial charge < -0.3 is 9.80 Å². The number of para-hydroxylation sites is 2. The minimum atomic E-state index is 0.858. The van der Waals surface area contributed by atoms with Crippen LogP contribution in [0.2, 0.25) is 0 Å². The van der Waals surface area contributed by atoms with Gasteiger partial charge in [-0.05, 0) is 74.7 Å². The molecule has 206 valence electrons. The molecule has 3 heterocycles. The summed E-state index contributed by atoms with van der Waals surface area (Å²) in [6, 6.07) is 29.2. The first-order valence-corrected chi connectivity index (χ1v) is 15.6. The van der Waals surface area contributed by atoms with Gasteiger partial charge >= 0.3 is 0 Å². The van der Waals surface area contributed by atoms with Crippen LogP contribution in [0.1, 0.15) is 42.9 Å². The third-order valence-electron chi connectivity index (χ3n) is 8.04. The third kappa shape index (κ3) is 5.50. The maximum Gasteiger partial charge on any atom is 0.277 e. The second-order valence-electron chi connectivity index (χ2n) is 11.3. The molecular weight excluding hydrogens is 508 g/mol. The summed E-state index contributed by atoms with van der Waals surface area (Å²) in [6.45, 7) is 7.44. The van der Waals surface area contributed by atoms with Crippen molar-refractivity contribution in [1.82, 2.24) is 4.90 Å². The lowest BCUT2D eigenvalue weighted by Crippen LogP contribution is -2.44. The lowest BCUT2D eigenvalue weighted by molar-refractivity contribution is -0.649. The maximum absolute atomic E-state index is 2.62. The van der Waals surface area contributed by atoms with E-state index in [2.05, 4.69) is 125 Å². The smallest absolute Gasteiger partial charge is 0.277 e. The first-order valence-electron chi connectivity index (χ1n) is 14.8. The fourth-order valence-electron chi connectivity index (χ4n) is 6.20. The van der Waals surface area contributed by atoms with E-state index in [1.807, 2.05) is 11.8 Å². The van der Waals surface area contributed by atoms with E-state index >= 15 is 0 Å². The van der Waals surface area contributed by atoms with Crippen LogP contribution in [-0.4, -0.2) is 45.2 Å². The summed E-state index contributed by atoms with van der Waals surface area (Å²) in [5, 5.41) is 2.67. The summed E-state index contributed by atoms with van der Waals surface area (Å²) in [4.78, 5) is 8.88. The zero-order valence-electron chi connectivity index (χ0n) is 24.1. The standard InChI is InChI=1S/C35H41N4S/c1-4-20-37(22-12-21-36(2)3)33-24-29(25-34-38-23-11-16-28-15-10-19-32(40-34)35(28)38)30-17-8-9-18-31(30)39(33)26-27-13-6-5-7-14-27/h5-10,13-15,17-19,24-25H,4,11-12,16,20-23,26H2,1-3H3/q+1. The van der Waals surface area contributed by atoms with Crippen LogP contribution in [-0.2, 0) is 13.0 Å². The summed E-state index contributed by atoms with van der Waals surface area (Å²) < 4.78 is 2.55. The molecule has 3 aromatic carbocycles. The van der Waals surface area contributed by atoms with Crippen LogP contribution in [0.4, 0.5) is 11.5 Å². The minimum Gasteiger partial charge on any atom is -0.335 e. The van der Waals surface area contributed by atoms with Crippen LogP contribution in [0.15, 0.2) is 88.8 Å².